The number of imide groups is 2. The van der Waals surface area contributed by atoms with Crippen molar-refractivity contribution in [3.8, 4) is 5.75 Å². The number of halogens is 2. The molecule has 4 amide bonds. The van der Waals surface area contributed by atoms with Gasteiger partial charge in [0.25, 0.3) is 11.8 Å². The van der Waals surface area contributed by atoms with Crippen molar-refractivity contribution >= 4 is 39.9 Å². The minimum Gasteiger partial charge on any atom is -0.488 e. The summed E-state index contributed by atoms with van der Waals surface area (Å²) in [6.45, 7) is 0.0698. The van der Waals surface area contributed by atoms with E-state index in [0.717, 1.165) is 4.90 Å². The van der Waals surface area contributed by atoms with Crippen LogP contribution in [0.3, 0.4) is 0 Å². The Hall–Kier alpha value is -3.72. The standard InChI is InChI=1S/C23H16BrFN2O5/c24-19-11-14(6-7-20(19)32-13-15-3-1-4-16(25)9-15)10-18-21(28)26-23(30)27(22(18)29)12-17-5-2-8-31-17/h1-11H,12-13H2,(H,26,28,30)/b18-10+. The van der Waals surface area contributed by atoms with Gasteiger partial charge in [-0.2, -0.15) is 0 Å². The molecule has 2 aromatic carbocycles. The fraction of sp³-hybridized carbons (Fsp3) is 0.0870. The van der Waals surface area contributed by atoms with Crippen molar-refractivity contribution in [1.29, 1.82) is 0 Å². The first kappa shape index (κ1) is 21.5. The van der Waals surface area contributed by atoms with Gasteiger partial charge in [0, 0.05) is 0 Å². The zero-order valence-electron chi connectivity index (χ0n) is 16.5. The molecule has 1 aliphatic rings. The van der Waals surface area contributed by atoms with Gasteiger partial charge in [0.05, 0.1) is 17.3 Å². The van der Waals surface area contributed by atoms with E-state index in [1.807, 2.05) is 0 Å². The third kappa shape index (κ3) is 4.78. The number of hydrogen-bond acceptors (Lipinski definition) is 5. The van der Waals surface area contributed by atoms with E-state index in [1.165, 1.54) is 24.5 Å². The molecule has 1 N–H and O–H groups in total. The lowest BCUT2D eigenvalue weighted by Crippen LogP contribution is -2.53. The second kappa shape index (κ2) is 9.19. The summed E-state index contributed by atoms with van der Waals surface area (Å²) in [6, 6.07) is 13.5. The Bertz CT molecular complexity index is 1220. The zero-order chi connectivity index (χ0) is 22.7. The molecule has 4 rings (SSSR count). The number of nitrogens with one attached hydrogen (secondary N) is 1. The number of ether oxygens (including phenoxy) is 1. The molecule has 1 aliphatic heterocycles. The molecule has 0 radical (unpaired) electrons. The summed E-state index contributed by atoms with van der Waals surface area (Å²) in [5, 5.41) is 2.16. The van der Waals surface area contributed by atoms with Gasteiger partial charge in [-0.25, -0.2) is 9.18 Å². The Labute approximate surface area is 190 Å². The summed E-state index contributed by atoms with van der Waals surface area (Å²) in [6.07, 6.45) is 2.82. The lowest BCUT2D eigenvalue weighted by Gasteiger charge is -2.25. The number of rotatable bonds is 6. The van der Waals surface area contributed by atoms with E-state index in [4.69, 9.17) is 9.15 Å². The number of amides is 4. The highest BCUT2D eigenvalue weighted by Crippen LogP contribution is 2.28. The highest BCUT2D eigenvalue weighted by molar-refractivity contribution is 9.10. The quantitative estimate of drug-likeness (QED) is 0.401. The Kier molecular flexibility index (Phi) is 6.18. The molecule has 3 aromatic rings. The first-order valence-electron chi connectivity index (χ1n) is 9.49. The maximum absolute atomic E-state index is 13.3. The molecule has 7 nitrogen and oxygen atoms in total. The maximum Gasteiger partial charge on any atom is 0.331 e. The van der Waals surface area contributed by atoms with Gasteiger partial charge in [-0.1, -0.05) is 18.2 Å². The molecule has 32 heavy (non-hydrogen) atoms. The van der Waals surface area contributed by atoms with Crippen molar-refractivity contribution < 1.29 is 27.9 Å². The van der Waals surface area contributed by atoms with Crippen LogP contribution in [0.2, 0.25) is 0 Å². The number of barbiturate groups is 1. The van der Waals surface area contributed by atoms with E-state index < -0.39 is 17.8 Å². The van der Waals surface area contributed by atoms with E-state index in [2.05, 4.69) is 21.2 Å². The van der Waals surface area contributed by atoms with Crippen LogP contribution in [-0.2, 0) is 22.7 Å². The van der Waals surface area contributed by atoms with E-state index in [-0.39, 0.29) is 24.5 Å². The van der Waals surface area contributed by atoms with Gasteiger partial charge in [-0.15, -0.1) is 0 Å². The van der Waals surface area contributed by atoms with E-state index in [0.29, 0.717) is 27.1 Å². The normalized spacial score (nSPS) is 15.2. The first-order chi connectivity index (χ1) is 15.4. The van der Waals surface area contributed by atoms with E-state index >= 15 is 0 Å². The molecule has 9 heteroatoms. The highest BCUT2D eigenvalue weighted by atomic mass is 79.9. The van der Waals surface area contributed by atoms with Crippen molar-refractivity contribution in [2.24, 2.45) is 0 Å². The topological polar surface area (TPSA) is 88.9 Å². The van der Waals surface area contributed by atoms with Gasteiger partial charge in [0.2, 0.25) is 0 Å². The van der Waals surface area contributed by atoms with E-state index in [9.17, 15) is 18.8 Å². The zero-order valence-corrected chi connectivity index (χ0v) is 18.1. The third-order valence-electron chi connectivity index (χ3n) is 4.63. The van der Waals surface area contributed by atoms with Crippen LogP contribution in [0.25, 0.3) is 6.08 Å². The van der Waals surface area contributed by atoms with Crippen LogP contribution < -0.4 is 10.1 Å². The Morgan fingerprint density at radius 2 is 1.94 bits per heavy atom. The third-order valence-corrected chi connectivity index (χ3v) is 5.25. The average molecular weight is 499 g/mol. The predicted molar refractivity (Wildman–Crippen MR) is 116 cm³/mol. The van der Waals surface area contributed by atoms with Crippen LogP contribution in [0.1, 0.15) is 16.9 Å². The molecule has 0 bridgehead atoms. The lowest BCUT2D eigenvalue weighted by molar-refractivity contribution is -0.130. The van der Waals surface area contributed by atoms with Gasteiger partial charge in [0.1, 0.15) is 29.5 Å². The molecule has 1 fully saturated rings. The summed E-state index contributed by atoms with van der Waals surface area (Å²) < 4.78 is 24.8. The molecular weight excluding hydrogens is 483 g/mol. The van der Waals surface area contributed by atoms with Gasteiger partial charge in [-0.05, 0) is 69.5 Å². The maximum atomic E-state index is 13.3. The predicted octanol–water partition coefficient (Wildman–Crippen LogP) is 4.42. The summed E-state index contributed by atoms with van der Waals surface area (Å²) in [7, 11) is 0. The average Bonchev–Trinajstić information content (AvgIpc) is 3.27. The number of nitrogens with zero attached hydrogens (tertiary/aromatic N) is 1. The number of hydrogen-bond donors (Lipinski definition) is 1. The van der Waals surface area contributed by atoms with Crippen LogP contribution in [0, 0.1) is 5.82 Å². The molecule has 0 saturated carbocycles. The molecular formula is C23H16BrFN2O5. The number of carbonyl (C=O) groups is 3. The van der Waals surface area contributed by atoms with Crippen molar-refractivity contribution in [1.82, 2.24) is 10.2 Å². The summed E-state index contributed by atoms with van der Waals surface area (Å²) >= 11 is 3.40. The largest absolute Gasteiger partial charge is 0.488 e. The molecule has 162 valence electrons. The molecule has 0 aliphatic carbocycles. The monoisotopic (exact) mass is 498 g/mol. The van der Waals surface area contributed by atoms with Crippen LogP contribution in [0.15, 0.2) is 75.3 Å². The van der Waals surface area contributed by atoms with Crippen LogP contribution in [-0.4, -0.2) is 22.7 Å². The Morgan fingerprint density at radius 1 is 1.09 bits per heavy atom. The lowest BCUT2D eigenvalue weighted by atomic mass is 10.1. The minimum absolute atomic E-state index is 0.0984. The van der Waals surface area contributed by atoms with Gasteiger partial charge in [-0.3, -0.25) is 19.8 Å². The van der Waals surface area contributed by atoms with Gasteiger partial charge >= 0.3 is 6.03 Å². The number of benzene rings is 2. The fourth-order valence-electron chi connectivity index (χ4n) is 3.07. The molecule has 2 heterocycles. The highest BCUT2D eigenvalue weighted by Gasteiger charge is 2.36. The second-order valence-electron chi connectivity index (χ2n) is 6.90. The summed E-state index contributed by atoms with van der Waals surface area (Å²) in [5.74, 6) is -0.937. The molecule has 0 spiro atoms. The molecule has 0 atom stereocenters. The van der Waals surface area contributed by atoms with Crippen molar-refractivity contribution in [3.63, 3.8) is 0 Å². The van der Waals surface area contributed by atoms with Crippen molar-refractivity contribution in [2.75, 3.05) is 0 Å². The van der Waals surface area contributed by atoms with Crippen molar-refractivity contribution in [3.05, 3.63) is 93.6 Å². The number of urea groups is 1. The van der Waals surface area contributed by atoms with E-state index in [1.54, 1.807) is 42.5 Å². The SMILES string of the molecule is O=C1NC(=O)N(Cc2ccco2)C(=O)/C1=C/c1ccc(OCc2cccc(F)c2)c(Br)c1. The minimum atomic E-state index is -0.809. The van der Waals surface area contributed by atoms with Crippen LogP contribution in [0.5, 0.6) is 5.75 Å². The Morgan fingerprint density at radius 3 is 2.66 bits per heavy atom. The summed E-state index contributed by atoms with van der Waals surface area (Å²) in [4.78, 5) is 38.1. The molecule has 1 saturated heterocycles. The summed E-state index contributed by atoms with van der Waals surface area (Å²) in [5.41, 5.74) is 1.03. The Balaban J connectivity index is 1.51. The van der Waals surface area contributed by atoms with Crippen LogP contribution >= 0.6 is 15.9 Å². The first-order valence-corrected chi connectivity index (χ1v) is 10.3. The smallest absolute Gasteiger partial charge is 0.331 e. The molecule has 1 aromatic heterocycles. The van der Waals surface area contributed by atoms with Gasteiger partial charge in [0.15, 0.2) is 0 Å². The van der Waals surface area contributed by atoms with Crippen molar-refractivity contribution in [2.45, 2.75) is 13.2 Å². The number of furan rings is 1. The fourth-order valence-corrected chi connectivity index (χ4v) is 3.59. The van der Waals surface area contributed by atoms with Crippen LogP contribution in [0.4, 0.5) is 9.18 Å². The molecule has 0 unspecified atom stereocenters. The van der Waals surface area contributed by atoms with Gasteiger partial charge < -0.3 is 9.15 Å². The second-order valence-corrected chi connectivity index (χ2v) is 7.75. The number of carbonyl (C=O) groups excluding carboxylic acids is 3.